The van der Waals surface area contributed by atoms with E-state index in [-0.39, 0.29) is 0 Å². The first-order valence-electron chi connectivity index (χ1n) is 3.16. The van der Waals surface area contributed by atoms with Crippen LogP contribution in [0.1, 0.15) is 13.8 Å². The summed E-state index contributed by atoms with van der Waals surface area (Å²) in [6.45, 7) is 11.6. The van der Waals surface area contributed by atoms with Crippen LogP contribution in [0, 0.1) is 11.8 Å². The minimum absolute atomic E-state index is 1.14. The summed E-state index contributed by atoms with van der Waals surface area (Å²) in [5, 5.41) is 6.25. The molecule has 2 heteroatoms. The lowest BCUT2D eigenvalue weighted by atomic mass is 10.5. The third kappa shape index (κ3) is 7.45. The van der Waals surface area contributed by atoms with Gasteiger partial charge >= 0.3 is 0 Å². The molecule has 0 aliphatic rings. The van der Waals surface area contributed by atoms with Gasteiger partial charge in [0.05, 0.1) is 27.2 Å². The zero-order chi connectivity index (χ0) is 7.91. The molecule has 0 fully saturated rings. The molecule has 0 saturated carbocycles. The van der Waals surface area contributed by atoms with Crippen LogP contribution in [0.4, 0.5) is 0 Å². The van der Waals surface area contributed by atoms with Gasteiger partial charge in [-0.15, -0.1) is 0 Å². The third-order valence-corrected chi connectivity index (χ3v) is 1.71. The summed E-state index contributed by atoms with van der Waals surface area (Å²) >= 11 is 0. The van der Waals surface area contributed by atoms with Crippen molar-refractivity contribution in [2.45, 2.75) is 13.8 Å². The van der Waals surface area contributed by atoms with Crippen molar-refractivity contribution in [1.29, 1.82) is 5.26 Å². The average Bonchev–Trinajstić information content (AvgIpc) is 1.93. The van der Waals surface area contributed by atoms with Gasteiger partial charge in [0.2, 0.25) is 0 Å². The molecule has 0 heterocycles. The van der Waals surface area contributed by atoms with Gasteiger partial charge in [-0.2, -0.15) is 0 Å². The minimum atomic E-state index is 1.14. The molecule has 9 heavy (non-hydrogen) atoms. The first-order chi connectivity index (χ1) is 4.12. The Morgan fingerprint density at radius 3 is 1.33 bits per heavy atom. The second-order valence-electron chi connectivity index (χ2n) is 2.57. The van der Waals surface area contributed by atoms with Crippen LogP contribution in [0.5, 0.6) is 0 Å². The maximum absolute atomic E-state index is 6.25. The predicted octanol–water partition coefficient (Wildman–Crippen LogP) is 1.20. The van der Waals surface area contributed by atoms with E-state index < -0.39 is 0 Å². The Balaban J connectivity index is 0. The molecule has 0 aromatic carbocycles. The Labute approximate surface area is 58.3 Å². The second-order valence-corrected chi connectivity index (χ2v) is 2.57. The molecule has 54 valence electrons. The molecule has 0 N–H and O–H groups in total. The van der Waals surface area contributed by atoms with Crippen molar-refractivity contribution in [3.05, 3.63) is 6.57 Å². The summed E-state index contributed by atoms with van der Waals surface area (Å²) in [5.74, 6) is 0. The van der Waals surface area contributed by atoms with Gasteiger partial charge < -0.3 is 16.3 Å². The molecule has 0 spiro atoms. The van der Waals surface area contributed by atoms with Gasteiger partial charge in [0.15, 0.2) is 0 Å². The lowest BCUT2D eigenvalue weighted by molar-refractivity contribution is -0.886. The van der Waals surface area contributed by atoms with E-state index in [1.807, 2.05) is 0 Å². The van der Waals surface area contributed by atoms with Crippen molar-refractivity contribution in [3.63, 3.8) is 0 Å². The summed E-state index contributed by atoms with van der Waals surface area (Å²) < 4.78 is 1.14. The molecule has 0 rings (SSSR count). The van der Waals surface area contributed by atoms with Gasteiger partial charge in [-0.05, 0) is 13.8 Å². The number of quaternary nitrogens is 1. The fourth-order valence-corrected chi connectivity index (χ4v) is 0.224. The van der Waals surface area contributed by atoms with Gasteiger partial charge in [-0.25, -0.2) is 0 Å². The molecule has 0 aliphatic heterocycles. The monoisotopic (exact) mass is 128 g/mol. The topological polar surface area (TPSA) is 23.8 Å². The molecule has 0 radical (unpaired) electrons. The van der Waals surface area contributed by atoms with E-state index in [9.17, 15) is 0 Å². The second kappa shape index (κ2) is 5.58. The average molecular weight is 128 g/mol. The molecule has 0 saturated heterocycles. The van der Waals surface area contributed by atoms with Crippen LogP contribution in [-0.4, -0.2) is 31.7 Å². The number of nitrogens with zero attached hydrogens (tertiary/aromatic N) is 2. The molecule has 0 aliphatic carbocycles. The van der Waals surface area contributed by atoms with Crippen LogP contribution in [0.2, 0.25) is 0 Å². The molecule has 0 atom stereocenters. The zero-order valence-electron chi connectivity index (χ0n) is 6.81. The predicted molar refractivity (Wildman–Crippen MR) is 38.2 cm³/mol. The standard InChI is InChI=1S/C6H16N.CN/c1-5-7(3,4)6-2;1-2/h5-6H2,1-4H3;/q+1;-1. The van der Waals surface area contributed by atoms with E-state index in [4.69, 9.17) is 11.8 Å². The van der Waals surface area contributed by atoms with E-state index >= 15 is 0 Å². The molecule has 0 unspecified atom stereocenters. The van der Waals surface area contributed by atoms with Crippen molar-refractivity contribution in [2.75, 3.05) is 27.2 Å². The minimum Gasteiger partial charge on any atom is -0.512 e. The van der Waals surface area contributed by atoms with E-state index in [1.165, 1.54) is 13.1 Å². The Hall–Kier alpha value is -0.550. The van der Waals surface area contributed by atoms with Gasteiger partial charge in [-0.1, -0.05) is 0 Å². The largest absolute Gasteiger partial charge is 0.512 e. The van der Waals surface area contributed by atoms with Crippen molar-refractivity contribution in [1.82, 2.24) is 0 Å². The van der Waals surface area contributed by atoms with E-state index in [0.717, 1.165) is 4.48 Å². The lowest BCUT2D eigenvalue weighted by Gasteiger charge is -2.25. The summed E-state index contributed by atoms with van der Waals surface area (Å²) in [6, 6.07) is 0. The molecule has 0 amide bonds. The van der Waals surface area contributed by atoms with Crippen molar-refractivity contribution in [2.24, 2.45) is 0 Å². The summed E-state index contributed by atoms with van der Waals surface area (Å²) in [7, 11) is 4.47. The fraction of sp³-hybridized carbons (Fsp3) is 0.857. The van der Waals surface area contributed by atoms with E-state index in [1.54, 1.807) is 0 Å². The number of rotatable bonds is 2. The first kappa shape index (κ1) is 11.3. The summed E-state index contributed by atoms with van der Waals surface area (Å²) in [5.41, 5.74) is 0. The maximum Gasteiger partial charge on any atom is 0.0753 e. The fourth-order valence-electron chi connectivity index (χ4n) is 0.224. The van der Waals surface area contributed by atoms with Gasteiger partial charge in [-0.3, -0.25) is 0 Å². The molecule has 0 aromatic rings. The number of hydrogen-bond donors (Lipinski definition) is 0. The molecular weight excluding hydrogens is 112 g/mol. The highest BCUT2D eigenvalue weighted by atomic mass is 15.3. The van der Waals surface area contributed by atoms with Crippen LogP contribution >= 0.6 is 0 Å². The lowest BCUT2D eigenvalue weighted by Crippen LogP contribution is -2.38. The van der Waals surface area contributed by atoms with Crippen molar-refractivity contribution >= 4 is 0 Å². The van der Waals surface area contributed by atoms with Crippen LogP contribution in [0.15, 0.2) is 0 Å². The van der Waals surface area contributed by atoms with E-state index in [2.05, 4.69) is 27.9 Å². The Bertz CT molecular complexity index is 68.2. The highest BCUT2D eigenvalue weighted by Gasteiger charge is 2.04. The molecule has 0 aromatic heterocycles. The normalized spacial score (nSPS) is 9.56. The maximum atomic E-state index is 6.25. The first-order valence-corrected chi connectivity index (χ1v) is 3.16. The van der Waals surface area contributed by atoms with Gasteiger partial charge in [0, 0.05) is 0 Å². The zero-order valence-corrected chi connectivity index (χ0v) is 6.81. The smallest absolute Gasteiger partial charge is 0.0753 e. The SMILES string of the molecule is CC[N+](C)(C)CC.[C-]#N. The third-order valence-electron chi connectivity index (χ3n) is 1.71. The van der Waals surface area contributed by atoms with Crippen LogP contribution in [0.25, 0.3) is 0 Å². The summed E-state index contributed by atoms with van der Waals surface area (Å²) in [6.07, 6.45) is 0. The molecule has 2 nitrogen and oxygen atoms in total. The Morgan fingerprint density at radius 2 is 1.33 bits per heavy atom. The molecule has 0 bridgehead atoms. The highest BCUT2D eigenvalue weighted by Crippen LogP contribution is 1.91. The Morgan fingerprint density at radius 1 is 1.11 bits per heavy atom. The van der Waals surface area contributed by atoms with E-state index in [0.29, 0.717) is 0 Å². The van der Waals surface area contributed by atoms with Gasteiger partial charge in [0.25, 0.3) is 0 Å². The highest BCUT2D eigenvalue weighted by molar-refractivity contribution is 4.17. The van der Waals surface area contributed by atoms with Crippen LogP contribution < -0.4 is 0 Å². The Kier molecular flexibility index (Phi) is 6.99. The number of hydrogen-bond acceptors (Lipinski definition) is 1. The van der Waals surface area contributed by atoms with Crippen molar-refractivity contribution < 1.29 is 4.48 Å². The summed E-state index contributed by atoms with van der Waals surface area (Å²) in [4.78, 5) is 0. The quantitative estimate of drug-likeness (QED) is 0.405. The van der Waals surface area contributed by atoms with Crippen molar-refractivity contribution in [3.8, 4) is 0 Å². The van der Waals surface area contributed by atoms with Gasteiger partial charge in [0.1, 0.15) is 0 Å². The van der Waals surface area contributed by atoms with Crippen LogP contribution in [-0.2, 0) is 0 Å². The van der Waals surface area contributed by atoms with Crippen LogP contribution in [0.3, 0.4) is 0 Å². The molecular formula is C7H16N2.